The molecule has 1 saturated carbocycles. The number of aliphatic imine (C=N–C) groups is 1. The summed E-state index contributed by atoms with van der Waals surface area (Å²) < 4.78 is 5.37. The fourth-order valence-electron chi connectivity index (χ4n) is 2.38. The summed E-state index contributed by atoms with van der Waals surface area (Å²) in [6, 6.07) is 0. The minimum atomic E-state index is 0.789. The van der Waals surface area contributed by atoms with Crippen molar-refractivity contribution in [2.75, 3.05) is 26.3 Å². The predicted molar refractivity (Wildman–Crippen MR) is 68.0 cm³/mol. The van der Waals surface area contributed by atoms with Crippen molar-refractivity contribution in [1.82, 2.24) is 5.32 Å². The maximum Gasteiger partial charge on any atom is 0.156 e. The fourth-order valence-corrected chi connectivity index (χ4v) is 3.60. The Hall–Kier alpha value is -0.220. The lowest BCUT2D eigenvalue weighted by molar-refractivity contribution is 0.0676. The average molecular weight is 240 g/mol. The lowest BCUT2D eigenvalue weighted by Gasteiger charge is -2.22. The summed E-state index contributed by atoms with van der Waals surface area (Å²) in [6.45, 7) is 4.02. The van der Waals surface area contributed by atoms with E-state index < -0.39 is 0 Å². The van der Waals surface area contributed by atoms with Crippen molar-refractivity contribution < 1.29 is 4.74 Å². The number of rotatable bonds is 3. The molecule has 0 amide bonds. The maximum atomic E-state index is 5.37. The van der Waals surface area contributed by atoms with Gasteiger partial charge in [-0.3, -0.25) is 4.99 Å². The monoisotopic (exact) mass is 240 g/mol. The number of ether oxygens (including phenoxy) is 1. The van der Waals surface area contributed by atoms with E-state index in [4.69, 9.17) is 4.74 Å². The topological polar surface area (TPSA) is 33.6 Å². The number of amidine groups is 1. The van der Waals surface area contributed by atoms with Crippen LogP contribution in [0.3, 0.4) is 0 Å². The van der Waals surface area contributed by atoms with Crippen LogP contribution in [0.5, 0.6) is 0 Å². The van der Waals surface area contributed by atoms with Crippen LogP contribution in [0.1, 0.15) is 25.7 Å². The molecule has 1 unspecified atom stereocenters. The van der Waals surface area contributed by atoms with Gasteiger partial charge in [0, 0.05) is 25.0 Å². The number of nitrogens with zero attached hydrogens (tertiary/aromatic N) is 1. The first-order chi connectivity index (χ1) is 7.92. The van der Waals surface area contributed by atoms with E-state index in [1.165, 1.54) is 30.9 Å². The van der Waals surface area contributed by atoms with Gasteiger partial charge >= 0.3 is 0 Å². The van der Waals surface area contributed by atoms with Gasteiger partial charge in [-0.1, -0.05) is 11.8 Å². The summed E-state index contributed by atoms with van der Waals surface area (Å²) in [5.41, 5.74) is 0. The Labute approximate surface area is 101 Å². The van der Waals surface area contributed by atoms with Crippen LogP contribution < -0.4 is 5.32 Å². The Balaban J connectivity index is 1.38. The fraction of sp³-hybridized carbons (Fsp3) is 0.917. The summed E-state index contributed by atoms with van der Waals surface area (Å²) in [4.78, 5) is 4.60. The zero-order valence-electron chi connectivity index (χ0n) is 9.65. The zero-order chi connectivity index (χ0) is 10.8. The molecule has 2 aliphatic heterocycles. The first-order valence-electron chi connectivity index (χ1n) is 6.44. The van der Waals surface area contributed by atoms with Crippen molar-refractivity contribution in [3.05, 3.63) is 0 Å². The molecule has 3 nitrogen and oxygen atoms in total. The van der Waals surface area contributed by atoms with Crippen molar-refractivity contribution in [2.24, 2.45) is 16.8 Å². The second-order valence-electron chi connectivity index (χ2n) is 5.08. The molecule has 4 heteroatoms. The number of nitrogens with one attached hydrogen (secondary N) is 1. The minimum Gasteiger partial charge on any atom is -0.381 e. The van der Waals surface area contributed by atoms with Crippen LogP contribution in [0, 0.1) is 11.8 Å². The van der Waals surface area contributed by atoms with Crippen LogP contribution in [0.15, 0.2) is 4.99 Å². The molecule has 0 radical (unpaired) electrons. The van der Waals surface area contributed by atoms with Crippen molar-refractivity contribution in [3.8, 4) is 0 Å². The van der Waals surface area contributed by atoms with Crippen molar-refractivity contribution >= 4 is 16.9 Å². The molecule has 0 spiro atoms. The van der Waals surface area contributed by atoms with E-state index in [1.54, 1.807) is 0 Å². The molecule has 3 rings (SSSR count). The number of hydrogen-bond donors (Lipinski definition) is 1. The Kier molecular flexibility index (Phi) is 3.38. The lowest BCUT2D eigenvalue weighted by Crippen LogP contribution is -2.30. The van der Waals surface area contributed by atoms with Gasteiger partial charge in [-0.25, -0.2) is 0 Å². The Bertz CT molecular complexity index is 272. The van der Waals surface area contributed by atoms with Crippen LogP contribution in [0.25, 0.3) is 0 Å². The molecule has 0 aromatic heterocycles. The Morgan fingerprint density at radius 1 is 1.25 bits per heavy atom. The maximum absolute atomic E-state index is 5.37. The second kappa shape index (κ2) is 4.96. The van der Waals surface area contributed by atoms with Gasteiger partial charge in [-0.2, -0.15) is 0 Å². The quantitative estimate of drug-likeness (QED) is 0.818. The molecular formula is C12H20N2OS. The van der Waals surface area contributed by atoms with Crippen molar-refractivity contribution in [1.29, 1.82) is 0 Å². The SMILES string of the molecule is C1CC(CNC2=NCC(C3CC3)S2)CCO1. The summed E-state index contributed by atoms with van der Waals surface area (Å²) in [7, 11) is 0. The van der Waals surface area contributed by atoms with E-state index >= 15 is 0 Å². The standard InChI is InChI=1S/C12H20N2OS/c1-2-10(1)11-8-14-12(16-11)13-7-9-3-5-15-6-4-9/h9-11H,1-8H2,(H,13,14). The van der Waals surface area contributed by atoms with Gasteiger partial charge in [0.15, 0.2) is 5.17 Å². The predicted octanol–water partition coefficient (Wildman–Crippen LogP) is 1.88. The van der Waals surface area contributed by atoms with Gasteiger partial charge in [-0.05, 0) is 37.5 Å². The average Bonchev–Trinajstić information content (AvgIpc) is 3.08. The summed E-state index contributed by atoms with van der Waals surface area (Å²) >= 11 is 1.98. The number of hydrogen-bond acceptors (Lipinski definition) is 4. The molecule has 1 aliphatic carbocycles. The largest absolute Gasteiger partial charge is 0.381 e. The first-order valence-corrected chi connectivity index (χ1v) is 7.32. The molecule has 3 aliphatic rings. The summed E-state index contributed by atoms with van der Waals surface area (Å²) in [5, 5.41) is 5.51. The second-order valence-corrected chi connectivity index (χ2v) is 6.30. The molecule has 1 N–H and O–H groups in total. The number of thioether (sulfide) groups is 1. The third-order valence-electron chi connectivity index (χ3n) is 3.71. The molecule has 1 saturated heterocycles. The van der Waals surface area contributed by atoms with Crippen LogP contribution in [-0.2, 0) is 4.74 Å². The van der Waals surface area contributed by atoms with E-state index in [0.29, 0.717) is 0 Å². The van der Waals surface area contributed by atoms with Gasteiger partial charge in [0.2, 0.25) is 0 Å². The van der Waals surface area contributed by atoms with E-state index in [-0.39, 0.29) is 0 Å². The Morgan fingerprint density at radius 2 is 2.06 bits per heavy atom. The highest BCUT2D eigenvalue weighted by Crippen LogP contribution is 2.41. The van der Waals surface area contributed by atoms with Gasteiger partial charge in [0.05, 0.1) is 6.54 Å². The van der Waals surface area contributed by atoms with Gasteiger partial charge in [-0.15, -0.1) is 0 Å². The van der Waals surface area contributed by atoms with Gasteiger partial charge in [0.25, 0.3) is 0 Å². The highest BCUT2D eigenvalue weighted by molar-refractivity contribution is 8.14. The summed E-state index contributed by atoms with van der Waals surface area (Å²) in [5.74, 6) is 1.76. The molecular weight excluding hydrogens is 220 g/mol. The van der Waals surface area contributed by atoms with Crippen molar-refractivity contribution in [3.63, 3.8) is 0 Å². The molecule has 2 fully saturated rings. The van der Waals surface area contributed by atoms with E-state index in [0.717, 1.165) is 43.4 Å². The smallest absolute Gasteiger partial charge is 0.156 e. The molecule has 0 aromatic rings. The summed E-state index contributed by atoms with van der Waals surface area (Å²) in [6.07, 6.45) is 5.27. The molecule has 2 heterocycles. The van der Waals surface area contributed by atoms with Crippen molar-refractivity contribution in [2.45, 2.75) is 30.9 Å². The highest BCUT2D eigenvalue weighted by Gasteiger charge is 2.35. The van der Waals surface area contributed by atoms with E-state index in [2.05, 4.69) is 10.3 Å². The first kappa shape index (κ1) is 10.9. The van der Waals surface area contributed by atoms with Crippen LogP contribution >= 0.6 is 11.8 Å². The van der Waals surface area contributed by atoms with Crippen LogP contribution in [-0.4, -0.2) is 36.7 Å². The minimum absolute atomic E-state index is 0.789. The normalized spacial score (nSPS) is 31.5. The van der Waals surface area contributed by atoms with Crippen LogP contribution in [0.4, 0.5) is 0 Å². The third-order valence-corrected chi connectivity index (χ3v) is 5.04. The molecule has 90 valence electrons. The van der Waals surface area contributed by atoms with Gasteiger partial charge in [0.1, 0.15) is 0 Å². The lowest BCUT2D eigenvalue weighted by atomic mass is 10.0. The van der Waals surface area contributed by atoms with E-state index in [1.807, 2.05) is 11.8 Å². The van der Waals surface area contributed by atoms with Gasteiger partial charge < -0.3 is 10.1 Å². The Morgan fingerprint density at radius 3 is 2.81 bits per heavy atom. The zero-order valence-corrected chi connectivity index (χ0v) is 10.5. The third kappa shape index (κ3) is 2.72. The van der Waals surface area contributed by atoms with Crippen LogP contribution in [0.2, 0.25) is 0 Å². The molecule has 16 heavy (non-hydrogen) atoms. The highest BCUT2D eigenvalue weighted by atomic mass is 32.2. The molecule has 1 atom stereocenters. The van der Waals surface area contributed by atoms with E-state index in [9.17, 15) is 0 Å². The molecule has 0 aromatic carbocycles. The molecule has 0 bridgehead atoms.